The quantitative estimate of drug-likeness (QED) is 0.865. The van der Waals surface area contributed by atoms with Gasteiger partial charge in [0.1, 0.15) is 11.5 Å². The first kappa shape index (κ1) is 13.5. The van der Waals surface area contributed by atoms with Crippen molar-refractivity contribution in [2.24, 2.45) is 0 Å². The molecule has 0 bridgehead atoms. The summed E-state index contributed by atoms with van der Waals surface area (Å²) in [4.78, 5) is 4.26. The van der Waals surface area contributed by atoms with Crippen LogP contribution in [0.3, 0.4) is 0 Å². The van der Waals surface area contributed by atoms with E-state index in [1.165, 1.54) is 0 Å². The number of nitrogens with one attached hydrogen (secondary N) is 1. The summed E-state index contributed by atoms with van der Waals surface area (Å²) in [7, 11) is 3.57. The highest BCUT2D eigenvalue weighted by Crippen LogP contribution is 2.22. The molecule has 0 aliphatic heterocycles. The Morgan fingerprint density at radius 3 is 2.79 bits per heavy atom. The van der Waals surface area contributed by atoms with Gasteiger partial charge < -0.3 is 14.8 Å². The maximum atomic E-state index is 5.83. The van der Waals surface area contributed by atoms with Crippen LogP contribution < -0.4 is 10.1 Å². The predicted molar refractivity (Wildman–Crippen MR) is 74.2 cm³/mol. The number of ether oxygens (including phenoxy) is 2. The average Bonchev–Trinajstić information content (AvgIpc) is 2.40. The van der Waals surface area contributed by atoms with Crippen LogP contribution in [0.1, 0.15) is 11.3 Å². The van der Waals surface area contributed by atoms with Gasteiger partial charge in [0.15, 0.2) is 0 Å². The Morgan fingerprint density at radius 1 is 1.16 bits per heavy atom. The molecule has 0 radical (unpaired) electrons. The summed E-state index contributed by atoms with van der Waals surface area (Å²) in [6.07, 6.45) is 1.75. The summed E-state index contributed by atoms with van der Waals surface area (Å²) in [5.41, 5.74) is 2.04. The number of hydrogen-bond donors (Lipinski definition) is 1. The van der Waals surface area contributed by atoms with Gasteiger partial charge in [-0.05, 0) is 30.8 Å². The smallest absolute Gasteiger partial charge is 0.130 e. The van der Waals surface area contributed by atoms with Crippen molar-refractivity contribution < 1.29 is 9.47 Å². The lowest BCUT2D eigenvalue weighted by atomic mass is 10.2. The monoisotopic (exact) mass is 258 g/mol. The molecule has 0 aliphatic rings. The van der Waals surface area contributed by atoms with Crippen molar-refractivity contribution in [1.82, 2.24) is 10.3 Å². The number of nitrogens with zero attached hydrogens (tertiary/aromatic N) is 1. The Kier molecular flexibility index (Phi) is 4.89. The lowest BCUT2D eigenvalue weighted by Gasteiger charge is -2.08. The minimum atomic E-state index is 0.582. The second kappa shape index (κ2) is 6.87. The van der Waals surface area contributed by atoms with Crippen molar-refractivity contribution in [3.8, 4) is 11.5 Å². The summed E-state index contributed by atoms with van der Waals surface area (Å²) in [6.45, 7) is 1.31. The second-order valence-corrected chi connectivity index (χ2v) is 4.20. The molecule has 19 heavy (non-hydrogen) atoms. The predicted octanol–water partition coefficient (Wildman–Crippen LogP) is 2.74. The molecule has 0 saturated heterocycles. The maximum Gasteiger partial charge on any atom is 0.130 e. The summed E-state index contributed by atoms with van der Waals surface area (Å²) in [5, 5.41) is 3.07. The summed E-state index contributed by atoms with van der Waals surface area (Å²) < 4.78 is 10.9. The van der Waals surface area contributed by atoms with Crippen LogP contribution in [0.5, 0.6) is 11.5 Å². The van der Waals surface area contributed by atoms with Crippen LogP contribution in [0.15, 0.2) is 42.6 Å². The number of benzene rings is 1. The van der Waals surface area contributed by atoms with Crippen LogP contribution in [0.2, 0.25) is 0 Å². The largest absolute Gasteiger partial charge is 0.457 e. The first-order valence-electron chi connectivity index (χ1n) is 6.17. The third-order valence-electron chi connectivity index (χ3n) is 2.59. The Labute approximate surface area is 113 Å². The summed E-state index contributed by atoms with van der Waals surface area (Å²) >= 11 is 0. The van der Waals surface area contributed by atoms with E-state index in [9.17, 15) is 0 Å². The first-order valence-corrected chi connectivity index (χ1v) is 6.17. The topological polar surface area (TPSA) is 43.4 Å². The SMILES string of the molecule is CNCc1cc(Oc2cccc(COC)c2)ccn1. The number of pyridine rings is 1. The van der Waals surface area contributed by atoms with E-state index in [-0.39, 0.29) is 0 Å². The number of methoxy groups -OCH3 is 1. The minimum absolute atomic E-state index is 0.582. The number of rotatable bonds is 6. The van der Waals surface area contributed by atoms with E-state index in [0.717, 1.165) is 29.3 Å². The lowest BCUT2D eigenvalue weighted by molar-refractivity contribution is 0.184. The van der Waals surface area contributed by atoms with Crippen molar-refractivity contribution in [2.45, 2.75) is 13.2 Å². The zero-order valence-electron chi connectivity index (χ0n) is 11.2. The molecule has 0 saturated carbocycles. The zero-order valence-corrected chi connectivity index (χ0v) is 11.2. The summed E-state index contributed by atoms with van der Waals surface area (Å²) in [5.74, 6) is 1.59. The molecule has 1 N–H and O–H groups in total. The van der Waals surface area contributed by atoms with Crippen LogP contribution in [0.4, 0.5) is 0 Å². The second-order valence-electron chi connectivity index (χ2n) is 4.20. The number of aromatic nitrogens is 1. The van der Waals surface area contributed by atoms with Crippen LogP contribution >= 0.6 is 0 Å². The molecule has 1 heterocycles. The molecular formula is C15H18N2O2. The van der Waals surface area contributed by atoms with Gasteiger partial charge in [-0.25, -0.2) is 0 Å². The van der Waals surface area contributed by atoms with Gasteiger partial charge in [-0.1, -0.05) is 12.1 Å². The Morgan fingerprint density at radius 2 is 2.00 bits per heavy atom. The van der Waals surface area contributed by atoms with Crippen LogP contribution in [-0.4, -0.2) is 19.1 Å². The van der Waals surface area contributed by atoms with E-state index in [2.05, 4.69) is 10.3 Å². The normalized spacial score (nSPS) is 10.4. The van der Waals surface area contributed by atoms with Crippen molar-refractivity contribution >= 4 is 0 Å². The van der Waals surface area contributed by atoms with Crippen molar-refractivity contribution in [2.75, 3.05) is 14.2 Å². The molecule has 2 rings (SSSR count). The fraction of sp³-hybridized carbons (Fsp3) is 0.267. The fourth-order valence-electron chi connectivity index (χ4n) is 1.80. The molecule has 0 unspecified atom stereocenters. The fourth-order valence-corrected chi connectivity index (χ4v) is 1.80. The highest BCUT2D eigenvalue weighted by atomic mass is 16.5. The molecule has 0 spiro atoms. The van der Waals surface area contributed by atoms with Crippen LogP contribution in [-0.2, 0) is 17.9 Å². The Bertz CT molecular complexity index is 482. The minimum Gasteiger partial charge on any atom is -0.457 e. The number of hydrogen-bond acceptors (Lipinski definition) is 4. The van der Waals surface area contributed by atoms with Gasteiger partial charge >= 0.3 is 0 Å². The molecule has 0 amide bonds. The standard InChI is InChI=1S/C15H18N2O2/c1-16-10-13-9-15(6-7-17-13)19-14-5-3-4-12(8-14)11-18-2/h3-9,16H,10-11H2,1-2H3. The average molecular weight is 258 g/mol. The molecular weight excluding hydrogens is 240 g/mol. The molecule has 0 aliphatic carbocycles. The molecule has 4 nitrogen and oxygen atoms in total. The molecule has 4 heteroatoms. The zero-order chi connectivity index (χ0) is 13.5. The summed E-state index contributed by atoms with van der Waals surface area (Å²) in [6, 6.07) is 11.6. The molecule has 2 aromatic rings. The molecule has 1 aromatic heterocycles. The van der Waals surface area contributed by atoms with Gasteiger partial charge in [0, 0.05) is 25.9 Å². The van der Waals surface area contributed by atoms with Crippen molar-refractivity contribution in [3.63, 3.8) is 0 Å². The highest BCUT2D eigenvalue weighted by Gasteiger charge is 2.01. The van der Waals surface area contributed by atoms with Crippen molar-refractivity contribution in [1.29, 1.82) is 0 Å². The van der Waals surface area contributed by atoms with Crippen LogP contribution in [0.25, 0.3) is 0 Å². The van der Waals surface area contributed by atoms with Gasteiger partial charge in [0.25, 0.3) is 0 Å². The highest BCUT2D eigenvalue weighted by molar-refractivity contribution is 5.34. The Balaban J connectivity index is 2.11. The van der Waals surface area contributed by atoms with Gasteiger partial charge in [0.2, 0.25) is 0 Å². The van der Waals surface area contributed by atoms with Gasteiger partial charge in [0.05, 0.1) is 12.3 Å². The van der Waals surface area contributed by atoms with E-state index in [1.807, 2.05) is 43.4 Å². The maximum absolute atomic E-state index is 5.83. The van der Waals surface area contributed by atoms with Crippen LogP contribution in [0, 0.1) is 0 Å². The van der Waals surface area contributed by atoms with Gasteiger partial charge in [-0.3, -0.25) is 4.98 Å². The van der Waals surface area contributed by atoms with E-state index in [1.54, 1.807) is 13.3 Å². The lowest BCUT2D eigenvalue weighted by Crippen LogP contribution is -2.06. The molecule has 100 valence electrons. The third-order valence-corrected chi connectivity index (χ3v) is 2.59. The first-order chi connectivity index (χ1) is 9.31. The molecule has 0 atom stereocenters. The molecule has 0 fully saturated rings. The van der Waals surface area contributed by atoms with Crippen molar-refractivity contribution in [3.05, 3.63) is 53.9 Å². The van der Waals surface area contributed by atoms with E-state index < -0.39 is 0 Å². The molecule has 1 aromatic carbocycles. The van der Waals surface area contributed by atoms with E-state index >= 15 is 0 Å². The van der Waals surface area contributed by atoms with E-state index in [0.29, 0.717) is 6.61 Å². The van der Waals surface area contributed by atoms with Gasteiger partial charge in [-0.15, -0.1) is 0 Å². The van der Waals surface area contributed by atoms with Gasteiger partial charge in [-0.2, -0.15) is 0 Å². The third kappa shape index (κ3) is 4.05. The Hall–Kier alpha value is -1.91. The van der Waals surface area contributed by atoms with E-state index in [4.69, 9.17) is 9.47 Å².